The Labute approximate surface area is 144 Å². The van der Waals surface area contributed by atoms with Gasteiger partial charge >= 0.3 is 0 Å². The van der Waals surface area contributed by atoms with Crippen LogP contribution in [-0.4, -0.2) is 29.4 Å². The van der Waals surface area contributed by atoms with E-state index < -0.39 is 5.92 Å². The zero-order chi connectivity index (χ0) is 17.7. The summed E-state index contributed by atoms with van der Waals surface area (Å²) >= 11 is 0. The fourth-order valence-electron chi connectivity index (χ4n) is 3.36. The van der Waals surface area contributed by atoms with Crippen molar-refractivity contribution in [1.29, 1.82) is 0 Å². The number of phenolic OH excluding ortho intramolecular Hbond substituents is 2. The molecule has 2 aliphatic heterocycles. The third-order valence-corrected chi connectivity index (χ3v) is 4.84. The van der Waals surface area contributed by atoms with Crippen LogP contribution in [0.15, 0.2) is 18.2 Å². The van der Waals surface area contributed by atoms with Crippen LogP contribution in [0.1, 0.15) is 27.0 Å². The first-order valence-corrected chi connectivity index (χ1v) is 8.08. The highest BCUT2D eigenvalue weighted by Crippen LogP contribution is 2.45. The van der Waals surface area contributed by atoms with Crippen molar-refractivity contribution in [2.24, 2.45) is 5.92 Å². The van der Waals surface area contributed by atoms with Crippen molar-refractivity contribution >= 4 is 5.78 Å². The highest BCUT2D eigenvalue weighted by Gasteiger charge is 2.35. The van der Waals surface area contributed by atoms with Gasteiger partial charge in [0.1, 0.15) is 22.8 Å². The zero-order valence-corrected chi connectivity index (χ0v) is 14.0. The molecule has 130 valence electrons. The van der Waals surface area contributed by atoms with Crippen molar-refractivity contribution in [3.63, 3.8) is 0 Å². The van der Waals surface area contributed by atoms with Gasteiger partial charge < -0.3 is 24.4 Å². The number of fused-ring (bicyclic) bond motifs is 2. The second-order valence-electron chi connectivity index (χ2n) is 6.42. The fraction of sp³-hybridized carbons (Fsp3) is 0.316. The van der Waals surface area contributed by atoms with Crippen molar-refractivity contribution in [3.05, 3.63) is 40.5 Å². The third kappa shape index (κ3) is 2.36. The summed E-state index contributed by atoms with van der Waals surface area (Å²) in [6, 6.07) is 5.57. The lowest BCUT2D eigenvalue weighted by Crippen LogP contribution is -2.30. The van der Waals surface area contributed by atoms with Gasteiger partial charge in [0, 0.05) is 11.1 Å². The second-order valence-corrected chi connectivity index (χ2v) is 6.42. The standard InChI is InChI=1S/C19H18O6/c1-9-16(20)10(2)19-15(17(9)21)18(22)12(7-23-19)5-11-3-4-13-14(6-11)25-8-24-13/h3-4,6,12,20-21H,5,7-8H2,1-2H3/t12-/m1/s1. The molecule has 0 saturated carbocycles. The van der Waals surface area contributed by atoms with Gasteiger partial charge in [-0.15, -0.1) is 0 Å². The summed E-state index contributed by atoms with van der Waals surface area (Å²) in [7, 11) is 0. The van der Waals surface area contributed by atoms with Gasteiger partial charge in [0.05, 0.1) is 12.5 Å². The average Bonchev–Trinajstić information content (AvgIpc) is 3.07. The highest BCUT2D eigenvalue weighted by molar-refractivity contribution is 6.05. The predicted molar refractivity (Wildman–Crippen MR) is 88.8 cm³/mol. The minimum atomic E-state index is -0.415. The molecule has 4 rings (SSSR count). The van der Waals surface area contributed by atoms with Crippen LogP contribution in [0.25, 0.3) is 0 Å². The molecule has 0 fully saturated rings. The van der Waals surface area contributed by atoms with Gasteiger partial charge in [0.25, 0.3) is 0 Å². The summed E-state index contributed by atoms with van der Waals surface area (Å²) < 4.78 is 16.4. The summed E-state index contributed by atoms with van der Waals surface area (Å²) in [6.45, 7) is 3.65. The van der Waals surface area contributed by atoms with Gasteiger partial charge in [-0.2, -0.15) is 0 Å². The summed E-state index contributed by atoms with van der Waals surface area (Å²) in [5, 5.41) is 20.4. The van der Waals surface area contributed by atoms with Crippen molar-refractivity contribution in [1.82, 2.24) is 0 Å². The average molecular weight is 342 g/mol. The predicted octanol–water partition coefficient (Wildman–Crippen LogP) is 2.88. The summed E-state index contributed by atoms with van der Waals surface area (Å²) in [5.74, 6) is 0.787. The van der Waals surface area contributed by atoms with Gasteiger partial charge in [-0.05, 0) is 38.0 Å². The maximum Gasteiger partial charge on any atom is 0.231 e. The molecule has 2 aliphatic rings. The number of hydrogen-bond donors (Lipinski definition) is 2. The van der Waals surface area contributed by atoms with Gasteiger partial charge in [-0.3, -0.25) is 4.79 Å². The number of benzene rings is 2. The number of rotatable bonds is 2. The van der Waals surface area contributed by atoms with Crippen molar-refractivity contribution in [3.8, 4) is 28.7 Å². The van der Waals surface area contributed by atoms with E-state index in [1.807, 2.05) is 18.2 Å². The van der Waals surface area contributed by atoms with Gasteiger partial charge in [0.2, 0.25) is 6.79 Å². The molecule has 0 unspecified atom stereocenters. The molecule has 0 saturated heterocycles. The van der Waals surface area contributed by atoms with Crippen molar-refractivity contribution < 1.29 is 29.2 Å². The van der Waals surface area contributed by atoms with Gasteiger partial charge in [0.15, 0.2) is 17.3 Å². The van der Waals surface area contributed by atoms with E-state index in [2.05, 4.69) is 0 Å². The van der Waals surface area contributed by atoms with Crippen LogP contribution in [0, 0.1) is 19.8 Å². The Bertz CT molecular complexity index is 886. The monoisotopic (exact) mass is 342 g/mol. The Morgan fingerprint density at radius 3 is 2.60 bits per heavy atom. The molecular weight excluding hydrogens is 324 g/mol. The number of aromatic hydroxyl groups is 2. The van der Waals surface area contributed by atoms with E-state index in [9.17, 15) is 15.0 Å². The number of carbonyl (C=O) groups excluding carboxylic acids is 1. The first kappa shape index (κ1) is 15.6. The SMILES string of the molecule is Cc1c(O)c(C)c2c(c1O)C(=O)[C@H](Cc1ccc3c(c1)OCO3)CO2. The number of hydrogen-bond acceptors (Lipinski definition) is 6. The largest absolute Gasteiger partial charge is 0.507 e. The zero-order valence-electron chi connectivity index (χ0n) is 14.0. The molecule has 25 heavy (non-hydrogen) atoms. The van der Waals surface area contributed by atoms with Gasteiger partial charge in [-0.1, -0.05) is 6.07 Å². The molecule has 1 atom stereocenters. The molecule has 2 aromatic rings. The Morgan fingerprint density at radius 2 is 1.80 bits per heavy atom. The van der Waals surface area contributed by atoms with E-state index in [4.69, 9.17) is 14.2 Å². The minimum absolute atomic E-state index is 0.0433. The first-order chi connectivity index (χ1) is 12.0. The van der Waals surface area contributed by atoms with Crippen LogP contribution in [-0.2, 0) is 6.42 Å². The lowest BCUT2D eigenvalue weighted by Gasteiger charge is -2.27. The number of phenols is 2. The molecule has 0 spiro atoms. The maximum absolute atomic E-state index is 12.9. The highest BCUT2D eigenvalue weighted by atomic mass is 16.7. The first-order valence-electron chi connectivity index (χ1n) is 8.08. The van der Waals surface area contributed by atoms with E-state index in [-0.39, 0.29) is 47.6 Å². The molecule has 0 radical (unpaired) electrons. The quantitative estimate of drug-likeness (QED) is 0.873. The molecule has 0 amide bonds. The third-order valence-electron chi connectivity index (χ3n) is 4.84. The summed E-state index contributed by atoms with van der Waals surface area (Å²) in [4.78, 5) is 12.9. The Balaban J connectivity index is 1.66. The van der Waals surface area contributed by atoms with Crippen molar-refractivity contribution in [2.75, 3.05) is 13.4 Å². The van der Waals surface area contributed by atoms with E-state index in [0.29, 0.717) is 23.5 Å². The van der Waals surface area contributed by atoms with Gasteiger partial charge in [-0.25, -0.2) is 0 Å². The maximum atomic E-state index is 12.9. The topological polar surface area (TPSA) is 85.2 Å². The fourth-order valence-corrected chi connectivity index (χ4v) is 3.36. The smallest absolute Gasteiger partial charge is 0.231 e. The van der Waals surface area contributed by atoms with Crippen LogP contribution in [0.5, 0.6) is 28.7 Å². The summed E-state index contributed by atoms with van der Waals surface area (Å²) in [6.07, 6.45) is 0.466. The molecule has 6 heteroatoms. The second kappa shape index (κ2) is 5.58. The molecule has 2 N–H and O–H groups in total. The number of ketones is 1. The molecule has 2 aromatic carbocycles. The number of ether oxygens (including phenoxy) is 3. The minimum Gasteiger partial charge on any atom is -0.507 e. The normalized spacial score (nSPS) is 18.0. The number of Topliss-reactive ketones (excluding diaryl/α,β-unsaturated/α-hetero) is 1. The molecular formula is C19H18O6. The van der Waals surface area contributed by atoms with Crippen LogP contribution >= 0.6 is 0 Å². The Kier molecular flexibility index (Phi) is 3.49. The Hall–Kier alpha value is -2.89. The number of carbonyl (C=O) groups is 1. The van der Waals surface area contributed by atoms with E-state index in [1.54, 1.807) is 13.8 Å². The van der Waals surface area contributed by atoms with Crippen LogP contribution in [0.2, 0.25) is 0 Å². The van der Waals surface area contributed by atoms with E-state index >= 15 is 0 Å². The van der Waals surface area contributed by atoms with E-state index in [1.165, 1.54) is 0 Å². The molecule has 0 aromatic heterocycles. The molecule has 2 heterocycles. The van der Waals surface area contributed by atoms with Crippen molar-refractivity contribution in [2.45, 2.75) is 20.3 Å². The lowest BCUT2D eigenvalue weighted by molar-refractivity contribution is 0.0824. The van der Waals surface area contributed by atoms with E-state index in [0.717, 1.165) is 5.56 Å². The molecule has 0 aliphatic carbocycles. The Morgan fingerprint density at radius 1 is 1.04 bits per heavy atom. The summed E-state index contributed by atoms with van der Waals surface area (Å²) in [5.41, 5.74) is 1.85. The van der Waals surface area contributed by atoms with Crippen LogP contribution in [0.3, 0.4) is 0 Å². The molecule has 0 bridgehead atoms. The van der Waals surface area contributed by atoms with Crippen LogP contribution in [0.4, 0.5) is 0 Å². The van der Waals surface area contributed by atoms with Crippen LogP contribution < -0.4 is 14.2 Å². The molecule has 6 nitrogen and oxygen atoms in total. The lowest BCUT2D eigenvalue weighted by atomic mass is 9.87.